The first kappa shape index (κ1) is 34.8. The summed E-state index contributed by atoms with van der Waals surface area (Å²) in [6.45, 7) is 2.31. The van der Waals surface area contributed by atoms with E-state index in [4.69, 9.17) is 19.7 Å². The molecule has 286 valence electrons. The van der Waals surface area contributed by atoms with Gasteiger partial charge >= 0.3 is 0 Å². The second kappa shape index (κ2) is 13.4. The predicted octanol–water partition coefficient (Wildman–Crippen LogP) is 12.7. The Morgan fingerprint density at radius 2 is 1.00 bits per heavy atom. The Labute approximate surface area is 350 Å². The smallest absolute Gasteiger partial charge is 0.156 e. The first-order valence-electron chi connectivity index (χ1n) is 21.1. The standard InChI is InChI=1S/C56H41N3O/c1-36-33-34-48(37-18-3-2-4-19-37)58-54(59-53(36)49-30-15-16-35-57-49)39-21-17-29-47-52(39)38-20-5-6-22-40(38)55(47)41-23-7-9-25-43(41)56(44-26-10-8-24-42(44)55)45-27-11-13-31-50(45)60-51-32-14-12-28-46(51)56/h2-32,35-36,53H,33-34H2,1H3/b58-48+,59-54-. The molecule has 8 aromatic rings. The molecule has 0 saturated heterocycles. The zero-order valence-corrected chi connectivity index (χ0v) is 33.3. The molecule has 0 amide bonds. The molecular formula is C56H41N3O. The molecule has 1 aromatic heterocycles. The highest BCUT2D eigenvalue weighted by Crippen LogP contribution is 2.67. The van der Waals surface area contributed by atoms with Gasteiger partial charge in [0.25, 0.3) is 0 Å². The number of para-hydroxylation sites is 2. The lowest BCUT2D eigenvalue weighted by atomic mass is 9.51. The highest BCUT2D eigenvalue weighted by atomic mass is 16.5. The van der Waals surface area contributed by atoms with Crippen molar-refractivity contribution in [3.05, 3.63) is 256 Å². The van der Waals surface area contributed by atoms with Crippen LogP contribution in [-0.2, 0) is 10.8 Å². The molecule has 4 aliphatic rings. The summed E-state index contributed by atoms with van der Waals surface area (Å²) in [6.07, 6.45) is 3.69. The largest absolute Gasteiger partial charge is 0.457 e. The number of fused-ring (bicyclic) bond motifs is 15. The number of amidine groups is 1. The second-order valence-electron chi connectivity index (χ2n) is 16.6. The number of aliphatic imine (C=N–C) groups is 2. The number of nitrogens with zero attached hydrogens (tertiary/aromatic N) is 3. The van der Waals surface area contributed by atoms with E-state index in [1.165, 1.54) is 44.5 Å². The quantitative estimate of drug-likeness (QED) is 0.180. The van der Waals surface area contributed by atoms with Gasteiger partial charge < -0.3 is 4.74 Å². The van der Waals surface area contributed by atoms with E-state index in [1.807, 2.05) is 12.3 Å². The second-order valence-corrected chi connectivity index (χ2v) is 16.6. The SMILES string of the molecule is CC1CC/C(c2ccccc2)=N\C(c2cccc3c2-c2ccccc2C32c3ccccc3C3(c4ccccc4Oc4ccccc43)c3ccccc32)=N/C1c1ccccn1. The average Bonchev–Trinajstić information content (AvgIpc) is 3.61. The highest BCUT2D eigenvalue weighted by molar-refractivity contribution is 6.16. The van der Waals surface area contributed by atoms with Crippen molar-refractivity contribution in [1.29, 1.82) is 0 Å². The van der Waals surface area contributed by atoms with Crippen LogP contribution >= 0.6 is 0 Å². The molecule has 60 heavy (non-hydrogen) atoms. The molecule has 0 N–H and O–H groups in total. The van der Waals surface area contributed by atoms with E-state index in [-0.39, 0.29) is 12.0 Å². The Kier molecular flexibility index (Phi) is 7.80. The maximum atomic E-state index is 6.73. The van der Waals surface area contributed by atoms with Crippen LogP contribution in [0.15, 0.2) is 204 Å². The van der Waals surface area contributed by atoms with Gasteiger partial charge in [0, 0.05) is 22.9 Å². The van der Waals surface area contributed by atoms with Crippen LogP contribution < -0.4 is 4.74 Å². The summed E-state index contributed by atoms with van der Waals surface area (Å²) >= 11 is 0. The van der Waals surface area contributed by atoms with Crippen molar-refractivity contribution in [2.45, 2.75) is 36.6 Å². The van der Waals surface area contributed by atoms with Gasteiger partial charge in [-0.25, -0.2) is 4.99 Å². The lowest BCUT2D eigenvalue weighted by Crippen LogP contribution is -2.45. The minimum atomic E-state index is -0.635. The summed E-state index contributed by atoms with van der Waals surface area (Å²) in [6, 6.07) is 68.1. The van der Waals surface area contributed by atoms with E-state index >= 15 is 0 Å². The number of aromatic nitrogens is 1. The Morgan fingerprint density at radius 1 is 0.483 bits per heavy atom. The van der Waals surface area contributed by atoms with Crippen LogP contribution in [0.5, 0.6) is 11.5 Å². The van der Waals surface area contributed by atoms with E-state index in [0.29, 0.717) is 0 Å². The topological polar surface area (TPSA) is 46.8 Å². The van der Waals surface area contributed by atoms with Crippen molar-refractivity contribution in [1.82, 2.24) is 4.98 Å². The maximum Gasteiger partial charge on any atom is 0.156 e. The lowest BCUT2D eigenvalue weighted by molar-refractivity contribution is 0.429. The number of ether oxygens (including phenoxy) is 1. The van der Waals surface area contributed by atoms with Gasteiger partial charge in [-0.15, -0.1) is 0 Å². The van der Waals surface area contributed by atoms with Crippen molar-refractivity contribution >= 4 is 11.5 Å². The van der Waals surface area contributed by atoms with Gasteiger partial charge in [0.15, 0.2) is 5.84 Å². The number of pyridine rings is 1. The molecule has 0 radical (unpaired) electrons. The molecule has 0 fully saturated rings. The summed E-state index contributed by atoms with van der Waals surface area (Å²) in [7, 11) is 0. The van der Waals surface area contributed by atoms with Crippen molar-refractivity contribution in [3.63, 3.8) is 0 Å². The van der Waals surface area contributed by atoms with Gasteiger partial charge in [-0.3, -0.25) is 9.98 Å². The number of rotatable bonds is 3. The maximum absolute atomic E-state index is 6.73. The van der Waals surface area contributed by atoms with Crippen LogP contribution in [0.3, 0.4) is 0 Å². The molecule has 0 saturated carbocycles. The third-order valence-corrected chi connectivity index (χ3v) is 13.6. The highest BCUT2D eigenvalue weighted by Gasteiger charge is 2.59. The molecule has 12 rings (SSSR count). The number of hydrogen-bond acceptors (Lipinski definition) is 4. The van der Waals surface area contributed by atoms with E-state index < -0.39 is 10.8 Å². The third kappa shape index (κ3) is 4.76. The monoisotopic (exact) mass is 771 g/mol. The van der Waals surface area contributed by atoms with Crippen molar-refractivity contribution in [3.8, 4) is 22.6 Å². The van der Waals surface area contributed by atoms with Crippen LogP contribution in [-0.4, -0.2) is 16.5 Å². The fourth-order valence-electron chi connectivity index (χ4n) is 11.1. The van der Waals surface area contributed by atoms with Crippen LogP contribution in [0.25, 0.3) is 11.1 Å². The molecule has 2 atom stereocenters. The van der Waals surface area contributed by atoms with E-state index in [0.717, 1.165) is 63.8 Å². The van der Waals surface area contributed by atoms with Crippen LogP contribution in [0, 0.1) is 5.92 Å². The molecule has 3 heterocycles. The normalized spacial score (nSPS) is 20.3. The van der Waals surface area contributed by atoms with Crippen LogP contribution in [0.2, 0.25) is 0 Å². The third-order valence-electron chi connectivity index (χ3n) is 13.6. The fraction of sp³-hybridized carbons (Fsp3) is 0.125. The summed E-state index contributed by atoms with van der Waals surface area (Å²) in [5.74, 6) is 2.77. The minimum Gasteiger partial charge on any atom is -0.457 e. The summed E-state index contributed by atoms with van der Waals surface area (Å²) in [5.41, 5.74) is 15.2. The van der Waals surface area contributed by atoms with Gasteiger partial charge in [0.05, 0.1) is 28.3 Å². The van der Waals surface area contributed by atoms with E-state index in [9.17, 15) is 0 Å². The number of benzene rings is 7. The van der Waals surface area contributed by atoms with Gasteiger partial charge in [0.1, 0.15) is 11.5 Å². The molecule has 7 aromatic carbocycles. The van der Waals surface area contributed by atoms with Crippen LogP contribution in [0.4, 0.5) is 0 Å². The first-order chi connectivity index (χ1) is 29.7. The average molecular weight is 772 g/mol. The van der Waals surface area contributed by atoms with Gasteiger partial charge in [-0.1, -0.05) is 171 Å². The minimum absolute atomic E-state index is 0.145. The van der Waals surface area contributed by atoms with Crippen molar-refractivity contribution in [2.75, 3.05) is 0 Å². The van der Waals surface area contributed by atoms with E-state index in [1.54, 1.807) is 0 Å². The molecule has 2 aliphatic carbocycles. The zero-order valence-electron chi connectivity index (χ0n) is 33.3. The lowest BCUT2D eigenvalue weighted by Gasteiger charge is -2.51. The predicted molar refractivity (Wildman–Crippen MR) is 241 cm³/mol. The molecule has 2 aliphatic heterocycles. The van der Waals surface area contributed by atoms with Crippen LogP contribution in [0.1, 0.15) is 87.1 Å². The summed E-state index contributed by atoms with van der Waals surface area (Å²) in [5, 5.41) is 0. The first-order valence-corrected chi connectivity index (χ1v) is 21.1. The fourth-order valence-corrected chi connectivity index (χ4v) is 11.1. The van der Waals surface area contributed by atoms with Crippen molar-refractivity contribution in [2.24, 2.45) is 15.9 Å². The Balaban J connectivity index is 1.18. The Hall–Kier alpha value is -7.17. The molecule has 0 bridgehead atoms. The number of hydrogen-bond donors (Lipinski definition) is 0. The Morgan fingerprint density at radius 3 is 1.63 bits per heavy atom. The van der Waals surface area contributed by atoms with Crippen molar-refractivity contribution < 1.29 is 4.74 Å². The summed E-state index contributed by atoms with van der Waals surface area (Å²) < 4.78 is 6.73. The molecule has 4 nitrogen and oxygen atoms in total. The zero-order chi connectivity index (χ0) is 39.8. The van der Waals surface area contributed by atoms with Gasteiger partial charge in [-0.2, -0.15) is 0 Å². The molecule has 2 unspecified atom stereocenters. The Bertz CT molecular complexity index is 2960. The molecule has 4 heteroatoms. The van der Waals surface area contributed by atoms with Gasteiger partial charge in [-0.05, 0) is 93.1 Å². The summed E-state index contributed by atoms with van der Waals surface area (Å²) in [4.78, 5) is 16.1. The molecule has 2 spiro atoms. The van der Waals surface area contributed by atoms with Gasteiger partial charge in [0.2, 0.25) is 0 Å². The van der Waals surface area contributed by atoms with E-state index in [2.05, 4.69) is 189 Å². The molecular weight excluding hydrogens is 731 g/mol.